The number of imidazole rings is 1. The zero-order valence-electron chi connectivity index (χ0n) is 21.7. The largest absolute Gasteiger partial charge is 0.316 e. The molecule has 3 heterocycles. The Hall–Kier alpha value is -5.03. The third-order valence-electron chi connectivity index (χ3n) is 7.33. The summed E-state index contributed by atoms with van der Waals surface area (Å²) in [6.07, 6.45) is 5.42. The fraction of sp³-hybridized carbons (Fsp3) is 0.0882. The number of nitrogens with zero attached hydrogens (tertiary/aromatic N) is 4. The van der Waals surface area contributed by atoms with Gasteiger partial charge < -0.3 is 9.13 Å². The van der Waals surface area contributed by atoms with Crippen molar-refractivity contribution in [1.29, 1.82) is 0 Å². The van der Waals surface area contributed by atoms with E-state index >= 15 is 0 Å². The quantitative estimate of drug-likeness (QED) is 0.238. The SMILES string of the molecule is Cc1c(Cn2cccc(-c3ccccn3)c2=O)ncn1C(c1ccccc1)(c1ccccc1)c1ccccc1. The van der Waals surface area contributed by atoms with Gasteiger partial charge in [0.1, 0.15) is 5.54 Å². The van der Waals surface area contributed by atoms with Crippen LogP contribution in [-0.4, -0.2) is 19.1 Å². The zero-order chi connectivity index (χ0) is 26.7. The van der Waals surface area contributed by atoms with Gasteiger partial charge in [-0.3, -0.25) is 9.78 Å². The smallest absolute Gasteiger partial charge is 0.260 e. The predicted octanol–water partition coefficient (Wildman–Crippen LogP) is 6.30. The Bertz CT molecular complexity index is 1650. The van der Waals surface area contributed by atoms with E-state index in [1.807, 2.05) is 61.1 Å². The lowest BCUT2D eigenvalue weighted by molar-refractivity contribution is 0.502. The molecule has 0 aliphatic carbocycles. The van der Waals surface area contributed by atoms with Gasteiger partial charge in [0.25, 0.3) is 5.56 Å². The number of hydrogen-bond acceptors (Lipinski definition) is 3. The lowest BCUT2D eigenvalue weighted by Crippen LogP contribution is -2.38. The fourth-order valence-electron chi connectivity index (χ4n) is 5.43. The summed E-state index contributed by atoms with van der Waals surface area (Å²) in [4.78, 5) is 22.7. The van der Waals surface area contributed by atoms with Crippen LogP contribution in [0.4, 0.5) is 0 Å². The number of hydrogen-bond donors (Lipinski definition) is 0. The van der Waals surface area contributed by atoms with Crippen LogP contribution in [0.2, 0.25) is 0 Å². The Morgan fingerprint density at radius 2 is 1.23 bits per heavy atom. The van der Waals surface area contributed by atoms with Gasteiger partial charge in [-0.2, -0.15) is 0 Å². The first-order valence-electron chi connectivity index (χ1n) is 13.0. The molecule has 0 aliphatic heterocycles. The molecule has 0 saturated carbocycles. The van der Waals surface area contributed by atoms with Crippen molar-refractivity contribution in [3.63, 3.8) is 0 Å². The molecule has 0 amide bonds. The van der Waals surface area contributed by atoms with Crippen LogP contribution in [0.3, 0.4) is 0 Å². The van der Waals surface area contributed by atoms with Crippen LogP contribution >= 0.6 is 0 Å². The average Bonchev–Trinajstić information content (AvgIpc) is 3.36. The molecule has 39 heavy (non-hydrogen) atoms. The fourth-order valence-corrected chi connectivity index (χ4v) is 5.43. The molecular formula is C34H28N4O. The molecule has 0 atom stereocenters. The standard InChI is InChI=1S/C34H28N4O/c1-26-32(24-37-23-13-20-30(33(37)39)31-21-11-12-22-35-31)36-25-38(26)34(27-14-5-2-6-15-27,28-16-7-3-8-17-28)29-18-9-4-10-19-29/h2-23,25H,24H2,1H3. The summed E-state index contributed by atoms with van der Waals surface area (Å²) >= 11 is 0. The highest BCUT2D eigenvalue weighted by Gasteiger charge is 2.39. The van der Waals surface area contributed by atoms with Crippen molar-refractivity contribution in [1.82, 2.24) is 19.1 Å². The van der Waals surface area contributed by atoms with Gasteiger partial charge in [-0.25, -0.2) is 4.98 Å². The molecular weight excluding hydrogens is 480 g/mol. The maximum Gasteiger partial charge on any atom is 0.260 e. The molecule has 6 rings (SSSR count). The maximum absolute atomic E-state index is 13.4. The molecule has 0 unspecified atom stereocenters. The van der Waals surface area contributed by atoms with Gasteiger partial charge in [-0.05, 0) is 47.9 Å². The van der Waals surface area contributed by atoms with E-state index in [0.29, 0.717) is 17.8 Å². The molecule has 3 aromatic heterocycles. The Labute approximate surface area is 227 Å². The van der Waals surface area contributed by atoms with Crippen LogP contribution in [0, 0.1) is 6.92 Å². The van der Waals surface area contributed by atoms with E-state index in [9.17, 15) is 4.79 Å². The molecule has 3 aromatic carbocycles. The molecule has 0 bridgehead atoms. The third-order valence-corrected chi connectivity index (χ3v) is 7.33. The normalized spacial score (nSPS) is 11.4. The molecule has 0 radical (unpaired) electrons. The van der Waals surface area contributed by atoms with E-state index in [1.54, 1.807) is 10.8 Å². The second-order valence-electron chi connectivity index (χ2n) is 9.53. The average molecular weight is 509 g/mol. The van der Waals surface area contributed by atoms with Crippen molar-refractivity contribution in [3.05, 3.63) is 178 Å². The summed E-state index contributed by atoms with van der Waals surface area (Å²) in [7, 11) is 0. The summed E-state index contributed by atoms with van der Waals surface area (Å²) in [6.45, 7) is 2.44. The highest BCUT2D eigenvalue weighted by molar-refractivity contribution is 5.57. The minimum Gasteiger partial charge on any atom is -0.316 e. The first kappa shape index (κ1) is 24.3. The van der Waals surface area contributed by atoms with Crippen molar-refractivity contribution >= 4 is 0 Å². The van der Waals surface area contributed by atoms with Crippen LogP contribution in [0.5, 0.6) is 0 Å². The van der Waals surface area contributed by atoms with Gasteiger partial charge in [-0.1, -0.05) is 97.1 Å². The Morgan fingerprint density at radius 3 is 1.77 bits per heavy atom. The van der Waals surface area contributed by atoms with E-state index in [1.165, 1.54) is 0 Å². The number of aromatic nitrogens is 4. The third kappa shape index (κ3) is 4.28. The summed E-state index contributed by atoms with van der Waals surface area (Å²) in [5.41, 5.74) is 5.70. The monoisotopic (exact) mass is 508 g/mol. The van der Waals surface area contributed by atoms with Gasteiger partial charge in [0.05, 0.1) is 29.8 Å². The van der Waals surface area contributed by atoms with Crippen LogP contribution in [0.25, 0.3) is 11.3 Å². The minimum absolute atomic E-state index is 0.0920. The summed E-state index contributed by atoms with van der Waals surface area (Å²) in [5, 5.41) is 0. The molecule has 5 heteroatoms. The number of benzene rings is 3. The van der Waals surface area contributed by atoms with Gasteiger partial charge in [-0.15, -0.1) is 0 Å². The second-order valence-corrected chi connectivity index (χ2v) is 9.53. The van der Waals surface area contributed by atoms with E-state index in [2.05, 4.69) is 89.3 Å². The second kappa shape index (κ2) is 10.4. The topological polar surface area (TPSA) is 52.7 Å². The van der Waals surface area contributed by atoms with Crippen molar-refractivity contribution in [2.24, 2.45) is 0 Å². The van der Waals surface area contributed by atoms with Crippen LogP contribution in [-0.2, 0) is 12.1 Å². The van der Waals surface area contributed by atoms with E-state index in [-0.39, 0.29) is 5.56 Å². The number of rotatable bonds is 7. The molecule has 0 fully saturated rings. The molecule has 0 aliphatic rings. The van der Waals surface area contributed by atoms with Crippen LogP contribution in [0.1, 0.15) is 28.1 Å². The predicted molar refractivity (Wildman–Crippen MR) is 155 cm³/mol. The molecule has 0 N–H and O–H groups in total. The Morgan fingerprint density at radius 1 is 0.667 bits per heavy atom. The zero-order valence-corrected chi connectivity index (χ0v) is 21.7. The number of pyridine rings is 2. The van der Waals surface area contributed by atoms with Gasteiger partial charge >= 0.3 is 0 Å². The minimum atomic E-state index is -0.653. The Kier molecular flexibility index (Phi) is 6.47. The highest BCUT2D eigenvalue weighted by atomic mass is 16.1. The van der Waals surface area contributed by atoms with E-state index < -0.39 is 5.54 Å². The van der Waals surface area contributed by atoms with Crippen molar-refractivity contribution < 1.29 is 0 Å². The Balaban J connectivity index is 1.53. The van der Waals surface area contributed by atoms with Gasteiger partial charge in [0.15, 0.2) is 0 Å². The molecule has 6 aromatic rings. The lowest BCUT2D eigenvalue weighted by Gasteiger charge is -2.38. The van der Waals surface area contributed by atoms with E-state index in [0.717, 1.165) is 28.1 Å². The van der Waals surface area contributed by atoms with Gasteiger partial charge in [0, 0.05) is 18.1 Å². The summed E-state index contributed by atoms with van der Waals surface area (Å²) in [6, 6.07) is 40.9. The van der Waals surface area contributed by atoms with Crippen molar-refractivity contribution in [3.8, 4) is 11.3 Å². The molecule has 0 saturated heterocycles. The first-order valence-corrected chi connectivity index (χ1v) is 13.0. The van der Waals surface area contributed by atoms with Crippen LogP contribution in [0.15, 0.2) is 145 Å². The van der Waals surface area contributed by atoms with Crippen molar-refractivity contribution in [2.45, 2.75) is 19.0 Å². The molecule has 0 spiro atoms. The molecule has 5 nitrogen and oxygen atoms in total. The van der Waals surface area contributed by atoms with E-state index in [4.69, 9.17) is 4.98 Å². The van der Waals surface area contributed by atoms with Crippen molar-refractivity contribution in [2.75, 3.05) is 0 Å². The summed E-state index contributed by atoms with van der Waals surface area (Å²) < 4.78 is 3.95. The first-order chi connectivity index (χ1) is 19.2. The highest BCUT2D eigenvalue weighted by Crippen LogP contribution is 2.41. The molecule has 190 valence electrons. The van der Waals surface area contributed by atoms with Crippen LogP contribution < -0.4 is 5.56 Å². The maximum atomic E-state index is 13.4. The summed E-state index contributed by atoms with van der Waals surface area (Å²) in [5.74, 6) is 0. The lowest BCUT2D eigenvalue weighted by atomic mass is 9.76. The van der Waals surface area contributed by atoms with Gasteiger partial charge in [0.2, 0.25) is 0 Å².